The quantitative estimate of drug-likeness (QED) is 0.860. The zero-order valence-corrected chi connectivity index (χ0v) is 11.5. The van der Waals surface area contributed by atoms with Crippen LogP contribution in [0, 0.1) is 0 Å². The average Bonchev–Trinajstić information content (AvgIpc) is 3.11. The molecule has 1 aromatic carbocycles. The number of amides is 1. The topological polar surface area (TPSA) is 55.1 Å². The Labute approximate surface area is 115 Å². The smallest absolute Gasteiger partial charge is 0.240 e. The van der Waals surface area contributed by atoms with E-state index in [2.05, 4.69) is 24.4 Å². The van der Waals surface area contributed by atoms with Gasteiger partial charge in [-0.3, -0.25) is 4.79 Å². The fraction of sp³-hybridized carbons (Fsp3) is 0.500. The lowest BCUT2D eigenvalue weighted by molar-refractivity contribution is -0.123. The Morgan fingerprint density at radius 2 is 2.00 bits per heavy atom. The number of hydrogen-bond acceptors (Lipinski definition) is 2. The Morgan fingerprint density at radius 3 is 2.50 bits per heavy atom. The lowest BCUT2D eigenvalue weighted by Gasteiger charge is -2.17. The summed E-state index contributed by atoms with van der Waals surface area (Å²) in [5.74, 6) is 0.384. The van der Waals surface area contributed by atoms with Crippen LogP contribution < -0.4 is 11.1 Å². The number of carbonyl (C=O) groups excluding carboxylic acids is 1. The predicted molar refractivity (Wildman–Crippen MR) is 75.9 cm³/mol. The second kappa shape index (κ2) is 6.21. The first-order valence-corrected chi connectivity index (χ1v) is 6.28. The number of nitrogens with two attached hydrogens (primary N) is 1. The van der Waals surface area contributed by atoms with E-state index in [1.54, 1.807) is 0 Å². The maximum atomic E-state index is 11.7. The van der Waals surface area contributed by atoms with E-state index in [0.29, 0.717) is 12.5 Å². The first-order valence-electron chi connectivity index (χ1n) is 6.28. The summed E-state index contributed by atoms with van der Waals surface area (Å²) in [4.78, 5) is 11.7. The minimum absolute atomic E-state index is 0. The molecule has 1 aliphatic rings. The third kappa shape index (κ3) is 3.47. The molecule has 1 amide bonds. The van der Waals surface area contributed by atoms with Crippen LogP contribution in [0.25, 0.3) is 0 Å². The van der Waals surface area contributed by atoms with E-state index in [1.807, 2.05) is 18.2 Å². The molecule has 4 heteroatoms. The summed E-state index contributed by atoms with van der Waals surface area (Å²) in [5.41, 5.74) is 6.56. The van der Waals surface area contributed by atoms with Crippen LogP contribution in [-0.2, 0) is 4.79 Å². The maximum absolute atomic E-state index is 11.7. The highest BCUT2D eigenvalue weighted by Gasteiger charge is 2.45. The molecule has 3 nitrogen and oxygen atoms in total. The van der Waals surface area contributed by atoms with Crippen molar-refractivity contribution in [2.75, 3.05) is 6.54 Å². The van der Waals surface area contributed by atoms with E-state index < -0.39 is 5.54 Å². The van der Waals surface area contributed by atoms with Gasteiger partial charge in [-0.25, -0.2) is 0 Å². The first-order chi connectivity index (χ1) is 8.15. The highest BCUT2D eigenvalue weighted by Crippen LogP contribution is 2.32. The Bertz CT molecular complexity index is 390. The molecule has 0 radical (unpaired) electrons. The highest BCUT2D eigenvalue weighted by molar-refractivity contribution is 5.89. The van der Waals surface area contributed by atoms with Gasteiger partial charge < -0.3 is 11.1 Å². The molecule has 1 unspecified atom stereocenters. The van der Waals surface area contributed by atoms with Crippen LogP contribution in [0.5, 0.6) is 0 Å². The molecule has 100 valence electrons. The van der Waals surface area contributed by atoms with Gasteiger partial charge in [0.2, 0.25) is 5.91 Å². The number of nitrogens with one attached hydrogen (secondary N) is 1. The minimum Gasteiger partial charge on any atom is -0.354 e. The lowest BCUT2D eigenvalue weighted by atomic mass is 9.96. The van der Waals surface area contributed by atoms with Gasteiger partial charge in [0, 0.05) is 12.5 Å². The van der Waals surface area contributed by atoms with E-state index in [1.165, 1.54) is 5.56 Å². The predicted octanol–water partition coefficient (Wildman–Crippen LogP) is 2.21. The molecule has 1 atom stereocenters. The molecule has 2 rings (SSSR count). The minimum atomic E-state index is -0.561. The second-order valence-electron chi connectivity index (χ2n) is 4.88. The van der Waals surface area contributed by atoms with E-state index in [0.717, 1.165) is 19.3 Å². The van der Waals surface area contributed by atoms with Gasteiger partial charge in [0.25, 0.3) is 0 Å². The molecule has 1 aromatic rings. The molecule has 0 bridgehead atoms. The van der Waals surface area contributed by atoms with Crippen molar-refractivity contribution >= 4 is 18.3 Å². The summed E-state index contributed by atoms with van der Waals surface area (Å²) in [7, 11) is 0. The van der Waals surface area contributed by atoms with E-state index in [9.17, 15) is 4.79 Å². The van der Waals surface area contributed by atoms with Crippen LogP contribution in [0.1, 0.15) is 37.7 Å². The molecule has 1 aliphatic carbocycles. The van der Waals surface area contributed by atoms with Crippen LogP contribution in [0.15, 0.2) is 30.3 Å². The van der Waals surface area contributed by atoms with Crippen LogP contribution >= 0.6 is 12.4 Å². The van der Waals surface area contributed by atoms with Gasteiger partial charge in [0.05, 0.1) is 5.54 Å². The largest absolute Gasteiger partial charge is 0.354 e. The number of halogens is 1. The van der Waals surface area contributed by atoms with Gasteiger partial charge in [-0.1, -0.05) is 37.3 Å². The molecule has 0 aliphatic heterocycles. The van der Waals surface area contributed by atoms with Gasteiger partial charge in [-0.05, 0) is 24.8 Å². The third-order valence-corrected chi connectivity index (χ3v) is 3.51. The van der Waals surface area contributed by atoms with Crippen LogP contribution in [0.2, 0.25) is 0 Å². The van der Waals surface area contributed by atoms with Crippen molar-refractivity contribution in [1.82, 2.24) is 5.32 Å². The third-order valence-electron chi connectivity index (χ3n) is 3.51. The molecule has 0 aromatic heterocycles. The van der Waals surface area contributed by atoms with Gasteiger partial charge in [-0.15, -0.1) is 12.4 Å². The zero-order valence-electron chi connectivity index (χ0n) is 10.7. The SMILES string of the molecule is CCC(CNC(=O)C1(N)CC1)c1ccccc1.Cl. The van der Waals surface area contributed by atoms with Crippen molar-refractivity contribution in [3.05, 3.63) is 35.9 Å². The lowest BCUT2D eigenvalue weighted by Crippen LogP contribution is -2.44. The molecular formula is C14H21ClN2O. The molecular weight excluding hydrogens is 248 g/mol. The van der Waals surface area contributed by atoms with Crippen LogP contribution in [0.3, 0.4) is 0 Å². The number of rotatable bonds is 5. The van der Waals surface area contributed by atoms with Gasteiger partial charge in [0.1, 0.15) is 0 Å². The second-order valence-corrected chi connectivity index (χ2v) is 4.88. The van der Waals surface area contributed by atoms with E-state index in [-0.39, 0.29) is 18.3 Å². The summed E-state index contributed by atoms with van der Waals surface area (Å²) >= 11 is 0. The molecule has 3 N–H and O–H groups in total. The summed E-state index contributed by atoms with van der Waals surface area (Å²) in [5, 5.41) is 2.97. The van der Waals surface area contributed by atoms with Crippen molar-refractivity contribution < 1.29 is 4.79 Å². The number of carbonyl (C=O) groups is 1. The fourth-order valence-electron chi connectivity index (χ4n) is 1.98. The highest BCUT2D eigenvalue weighted by atomic mass is 35.5. The Balaban J connectivity index is 0.00000162. The molecule has 0 spiro atoms. The molecule has 0 saturated heterocycles. The molecule has 18 heavy (non-hydrogen) atoms. The van der Waals surface area contributed by atoms with Gasteiger partial charge in [-0.2, -0.15) is 0 Å². The normalized spacial score (nSPS) is 17.4. The summed E-state index contributed by atoms with van der Waals surface area (Å²) in [6.07, 6.45) is 2.66. The van der Waals surface area contributed by atoms with E-state index in [4.69, 9.17) is 5.73 Å². The monoisotopic (exact) mass is 268 g/mol. The van der Waals surface area contributed by atoms with Crippen molar-refractivity contribution in [1.29, 1.82) is 0 Å². The first kappa shape index (κ1) is 15.0. The summed E-state index contributed by atoms with van der Waals surface area (Å²) in [6.45, 7) is 2.82. The van der Waals surface area contributed by atoms with Crippen LogP contribution in [-0.4, -0.2) is 18.0 Å². The average molecular weight is 269 g/mol. The Kier molecular flexibility index (Phi) is 5.17. The standard InChI is InChI=1S/C14H20N2O.ClH/c1-2-11(12-6-4-3-5-7-12)10-16-13(17)14(15)8-9-14;/h3-7,11H,2,8-10,15H2,1H3,(H,16,17);1H. The fourth-order valence-corrected chi connectivity index (χ4v) is 1.98. The zero-order chi connectivity index (χ0) is 12.3. The molecule has 1 fully saturated rings. The number of benzene rings is 1. The van der Waals surface area contributed by atoms with Crippen molar-refractivity contribution in [2.24, 2.45) is 5.73 Å². The van der Waals surface area contributed by atoms with Crippen molar-refractivity contribution in [2.45, 2.75) is 37.6 Å². The van der Waals surface area contributed by atoms with Crippen LogP contribution in [0.4, 0.5) is 0 Å². The Hall–Kier alpha value is -1.06. The van der Waals surface area contributed by atoms with Gasteiger partial charge >= 0.3 is 0 Å². The Morgan fingerprint density at radius 1 is 1.39 bits per heavy atom. The van der Waals surface area contributed by atoms with E-state index >= 15 is 0 Å². The number of hydrogen-bond donors (Lipinski definition) is 2. The molecule has 0 heterocycles. The van der Waals surface area contributed by atoms with Crippen molar-refractivity contribution in [3.8, 4) is 0 Å². The van der Waals surface area contributed by atoms with Crippen molar-refractivity contribution in [3.63, 3.8) is 0 Å². The maximum Gasteiger partial charge on any atom is 0.240 e. The summed E-state index contributed by atoms with van der Waals surface area (Å²) in [6, 6.07) is 10.3. The molecule has 1 saturated carbocycles. The summed E-state index contributed by atoms with van der Waals surface area (Å²) < 4.78 is 0. The van der Waals surface area contributed by atoms with Gasteiger partial charge in [0.15, 0.2) is 0 Å².